The number of aliphatic hydroxyl groups is 3. The van der Waals surface area contributed by atoms with Crippen molar-refractivity contribution in [2.24, 2.45) is 0 Å². The molecule has 2 aliphatic rings. The minimum Gasteiger partial charge on any atom is -0.507 e. The number of carboxylic acid groups (broad SMARTS) is 1. The summed E-state index contributed by atoms with van der Waals surface area (Å²) in [6.07, 6.45) is -9.01. The van der Waals surface area contributed by atoms with Crippen molar-refractivity contribution in [2.75, 3.05) is 7.11 Å². The zero-order valence-electron chi connectivity index (χ0n) is 19.1. The first-order valence-electron chi connectivity index (χ1n) is 11.1. The lowest BCUT2D eigenvalue weighted by atomic mass is 9.79. The summed E-state index contributed by atoms with van der Waals surface area (Å²) in [5, 5.41) is 52.2. The van der Waals surface area contributed by atoms with Gasteiger partial charge < -0.3 is 35.0 Å². The van der Waals surface area contributed by atoms with E-state index in [1.165, 1.54) is 19.2 Å². The number of hydrogen-bond acceptors (Lipinski definition) is 9. The standard InChI is InChI=1S/C26H22O10/c1-9-8-10-6-7-12-17(19(28)11-4-3-5-13(35-2)16(11)18(12)27)15(10)20(29)14(9)24-22(31)21(30)23(32)25(36-24)26(33)34/h3-8,21-25,29-32H,1-2H3,(H,33,34)/t21-,22-,23+,24+,25+/m1/s1. The normalized spacial score (nSPS) is 25.4. The SMILES string of the molecule is COc1cccc2c1C(=O)c1ccc3cc(C)c([C@@H]4O[C@H](C(=O)O)[C@@H](O)[C@H](O)[C@H]4O)c(O)c3c1C2=O. The smallest absolute Gasteiger partial charge is 0.335 e. The Bertz CT molecular complexity index is 1460. The Morgan fingerprint density at radius 1 is 0.944 bits per heavy atom. The summed E-state index contributed by atoms with van der Waals surface area (Å²) in [6.45, 7) is 1.57. The van der Waals surface area contributed by atoms with E-state index >= 15 is 0 Å². The van der Waals surface area contributed by atoms with Gasteiger partial charge in [-0.15, -0.1) is 0 Å². The van der Waals surface area contributed by atoms with Crippen molar-refractivity contribution in [3.63, 3.8) is 0 Å². The topological polar surface area (TPSA) is 171 Å². The monoisotopic (exact) mass is 494 g/mol. The van der Waals surface area contributed by atoms with Crippen molar-refractivity contribution < 1.29 is 49.4 Å². The second kappa shape index (κ2) is 8.38. The number of rotatable bonds is 3. The lowest BCUT2D eigenvalue weighted by Gasteiger charge is -2.39. The van der Waals surface area contributed by atoms with Gasteiger partial charge in [-0.2, -0.15) is 0 Å². The number of aromatic hydroxyl groups is 1. The van der Waals surface area contributed by atoms with Crippen LogP contribution in [0.3, 0.4) is 0 Å². The van der Waals surface area contributed by atoms with Crippen LogP contribution in [0, 0.1) is 6.92 Å². The van der Waals surface area contributed by atoms with Gasteiger partial charge in [0.1, 0.15) is 35.9 Å². The van der Waals surface area contributed by atoms with Crippen molar-refractivity contribution in [3.05, 3.63) is 69.8 Å². The Morgan fingerprint density at radius 2 is 1.61 bits per heavy atom. The van der Waals surface area contributed by atoms with Crippen LogP contribution in [0.2, 0.25) is 0 Å². The Balaban J connectivity index is 1.75. The third-order valence-electron chi connectivity index (χ3n) is 6.86. The summed E-state index contributed by atoms with van der Waals surface area (Å²) >= 11 is 0. The van der Waals surface area contributed by atoms with Gasteiger partial charge in [-0.3, -0.25) is 9.59 Å². The number of phenolic OH excluding ortho intramolecular Hbond substituents is 1. The van der Waals surface area contributed by atoms with Crippen LogP contribution < -0.4 is 4.74 Å². The molecule has 1 aliphatic carbocycles. The molecule has 0 saturated carbocycles. The average molecular weight is 494 g/mol. The van der Waals surface area contributed by atoms with E-state index in [4.69, 9.17) is 9.47 Å². The molecule has 0 bridgehead atoms. The third-order valence-corrected chi connectivity index (χ3v) is 6.86. The Morgan fingerprint density at radius 3 is 2.28 bits per heavy atom. The minimum absolute atomic E-state index is 0.0169. The molecule has 186 valence electrons. The largest absolute Gasteiger partial charge is 0.507 e. The van der Waals surface area contributed by atoms with Crippen LogP contribution in [0.4, 0.5) is 0 Å². The summed E-state index contributed by atoms with van der Waals surface area (Å²) in [6, 6.07) is 9.25. The van der Waals surface area contributed by atoms with Crippen LogP contribution in [-0.2, 0) is 9.53 Å². The molecular weight excluding hydrogens is 472 g/mol. The number of hydrogen-bond donors (Lipinski definition) is 5. The third kappa shape index (κ3) is 3.23. The molecule has 3 aromatic rings. The van der Waals surface area contributed by atoms with Gasteiger partial charge in [0.25, 0.3) is 0 Å². The van der Waals surface area contributed by atoms with Gasteiger partial charge in [-0.25, -0.2) is 4.79 Å². The van der Waals surface area contributed by atoms with Crippen molar-refractivity contribution in [1.82, 2.24) is 0 Å². The Hall–Kier alpha value is -3.83. The average Bonchev–Trinajstić information content (AvgIpc) is 2.85. The van der Waals surface area contributed by atoms with E-state index in [9.17, 15) is 39.9 Å². The van der Waals surface area contributed by atoms with Crippen LogP contribution in [-0.4, -0.2) is 74.6 Å². The van der Waals surface area contributed by atoms with Gasteiger partial charge in [-0.1, -0.05) is 24.3 Å². The molecule has 5 rings (SSSR count). The quantitative estimate of drug-likeness (QED) is 0.279. The van der Waals surface area contributed by atoms with Gasteiger partial charge in [0.05, 0.1) is 12.7 Å². The number of aryl methyl sites for hydroxylation is 1. The molecular formula is C26H22O10. The predicted octanol–water partition coefficient (Wildman–Crippen LogP) is 1.25. The number of ketones is 2. The summed E-state index contributed by atoms with van der Waals surface area (Å²) < 4.78 is 10.7. The first kappa shape index (κ1) is 23.9. The molecule has 3 aromatic carbocycles. The lowest BCUT2D eigenvalue weighted by Crippen LogP contribution is -2.56. The molecule has 0 spiro atoms. The van der Waals surface area contributed by atoms with Gasteiger partial charge in [0.15, 0.2) is 17.7 Å². The number of benzene rings is 3. The fraction of sp³-hybridized carbons (Fsp3) is 0.269. The predicted molar refractivity (Wildman–Crippen MR) is 123 cm³/mol. The molecule has 10 nitrogen and oxygen atoms in total. The summed E-state index contributed by atoms with van der Waals surface area (Å²) in [5.74, 6) is -2.85. The van der Waals surface area contributed by atoms with Crippen LogP contribution in [0.1, 0.15) is 49.1 Å². The number of methoxy groups -OCH3 is 1. The summed E-state index contributed by atoms with van der Waals surface area (Å²) in [5.41, 5.74) is 0.484. The highest BCUT2D eigenvalue weighted by atomic mass is 16.6. The Kier molecular flexibility index (Phi) is 5.56. The first-order chi connectivity index (χ1) is 17.1. The number of carbonyl (C=O) groups is 3. The van der Waals surface area contributed by atoms with Crippen LogP contribution in [0.5, 0.6) is 11.5 Å². The van der Waals surface area contributed by atoms with Crippen molar-refractivity contribution in [1.29, 1.82) is 0 Å². The minimum atomic E-state index is -1.91. The van der Waals surface area contributed by atoms with Gasteiger partial charge >= 0.3 is 5.97 Å². The molecule has 36 heavy (non-hydrogen) atoms. The van der Waals surface area contributed by atoms with Crippen LogP contribution in [0.15, 0.2) is 36.4 Å². The van der Waals surface area contributed by atoms with E-state index in [0.717, 1.165) is 0 Å². The molecule has 0 radical (unpaired) electrons. The van der Waals surface area contributed by atoms with E-state index in [1.807, 2.05) is 0 Å². The highest BCUT2D eigenvalue weighted by Gasteiger charge is 2.48. The molecule has 0 aromatic heterocycles. The number of carbonyl (C=O) groups excluding carboxylic acids is 2. The van der Waals surface area contributed by atoms with Crippen molar-refractivity contribution in [2.45, 2.75) is 37.4 Å². The lowest BCUT2D eigenvalue weighted by molar-refractivity contribution is -0.230. The van der Waals surface area contributed by atoms with E-state index in [1.54, 1.807) is 31.2 Å². The number of ether oxygens (including phenoxy) is 2. The molecule has 5 N–H and O–H groups in total. The zero-order valence-corrected chi connectivity index (χ0v) is 19.1. The molecule has 1 heterocycles. The molecule has 5 atom stereocenters. The van der Waals surface area contributed by atoms with E-state index < -0.39 is 53.8 Å². The zero-order chi connectivity index (χ0) is 26.0. The summed E-state index contributed by atoms with van der Waals surface area (Å²) in [4.78, 5) is 38.6. The number of aliphatic carboxylic acids is 1. The first-order valence-corrected chi connectivity index (χ1v) is 11.1. The van der Waals surface area contributed by atoms with Crippen molar-refractivity contribution >= 4 is 28.3 Å². The number of phenols is 1. The molecule has 0 amide bonds. The maximum atomic E-state index is 13.6. The van der Waals surface area contributed by atoms with E-state index in [2.05, 4.69) is 0 Å². The number of aliphatic hydroxyl groups excluding tert-OH is 3. The second-order valence-corrected chi connectivity index (χ2v) is 8.87. The molecule has 0 unspecified atom stereocenters. The summed E-state index contributed by atoms with van der Waals surface area (Å²) in [7, 11) is 1.38. The van der Waals surface area contributed by atoms with Crippen molar-refractivity contribution in [3.8, 4) is 11.5 Å². The van der Waals surface area contributed by atoms with E-state index in [-0.39, 0.29) is 39.0 Å². The second-order valence-electron chi connectivity index (χ2n) is 8.87. The maximum Gasteiger partial charge on any atom is 0.335 e. The number of fused-ring (bicyclic) bond motifs is 4. The van der Waals surface area contributed by atoms with Gasteiger partial charge in [0.2, 0.25) is 0 Å². The Labute approximate surface area is 203 Å². The fourth-order valence-corrected chi connectivity index (χ4v) is 5.13. The van der Waals surface area contributed by atoms with Crippen LogP contribution in [0.25, 0.3) is 10.8 Å². The van der Waals surface area contributed by atoms with E-state index in [0.29, 0.717) is 10.9 Å². The highest BCUT2D eigenvalue weighted by molar-refractivity contribution is 6.33. The molecule has 1 saturated heterocycles. The maximum absolute atomic E-state index is 13.6. The molecule has 1 fully saturated rings. The highest BCUT2D eigenvalue weighted by Crippen LogP contribution is 2.45. The molecule has 1 aliphatic heterocycles. The van der Waals surface area contributed by atoms with Crippen LogP contribution >= 0.6 is 0 Å². The molecule has 10 heteroatoms. The number of carboxylic acids is 1. The van der Waals surface area contributed by atoms with Gasteiger partial charge in [0, 0.05) is 27.6 Å². The van der Waals surface area contributed by atoms with Gasteiger partial charge in [-0.05, 0) is 30.0 Å². The fourth-order valence-electron chi connectivity index (χ4n) is 5.13.